The molecule has 1 aliphatic carbocycles. The van der Waals surface area contributed by atoms with Crippen LogP contribution in [0.25, 0.3) is 0 Å². The summed E-state index contributed by atoms with van der Waals surface area (Å²) in [5, 5.41) is 6.72. The smallest absolute Gasteiger partial charge is 0.195 e. The molecule has 66 valence electrons. The molecule has 0 unspecified atom stereocenters. The third kappa shape index (κ3) is 1.43. The summed E-state index contributed by atoms with van der Waals surface area (Å²) in [6, 6.07) is 0.602. The average Bonchev–Trinajstić information content (AvgIpc) is 2.53. The van der Waals surface area contributed by atoms with E-state index >= 15 is 0 Å². The molecule has 0 aromatic carbocycles. The lowest BCUT2D eigenvalue weighted by Crippen LogP contribution is -2.11. The number of nitrogens with zero attached hydrogens (tertiary/aromatic N) is 2. The Balaban J connectivity index is 2.18. The van der Waals surface area contributed by atoms with Crippen molar-refractivity contribution in [2.24, 2.45) is 0 Å². The third-order valence-electron chi connectivity index (χ3n) is 2.54. The second kappa shape index (κ2) is 3.39. The normalized spacial score (nSPS) is 19.7. The monoisotopic (exact) mass is 183 g/mol. The Morgan fingerprint density at radius 3 is 2.75 bits per heavy atom. The van der Waals surface area contributed by atoms with Crippen molar-refractivity contribution in [3.05, 3.63) is 11.1 Å². The first-order valence-corrected chi connectivity index (χ1v) is 4.90. The van der Waals surface area contributed by atoms with E-state index in [4.69, 9.17) is 12.2 Å². The number of hydrogen-bond donors (Lipinski definition) is 1. The number of hydrogen-bond acceptors (Lipinski definition) is 2. The van der Waals surface area contributed by atoms with Gasteiger partial charge in [-0.3, -0.25) is 5.10 Å². The van der Waals surface area contributed by atoms with Crippen molar-refractivity contribution in [2.45, 2.75) is 38.1 Å². The zero-order valence-electron chi connectivity index (χ0n) is 6.99. The highest BCUT2D eigenvalue weighted by atomic mass is 32.1. The molecule has 0 atom stereocenters. The second-order valence-corrected chi connectivity index (χ2v) is 3.75. The molecule has 1 N–H and O–H groups in total. The predicted molar refractivity (Wildman–Crippen MR) is 49.5 cm³/mol. The van der Waals surface area contributed by atoms with Gasteiger partial charge in [0.25, 0.3) is 0 Å². The number of H-pyrrole nitrogens is 1. The summed E-state index contributed by atoms with van der Waals surface area (Å²) in [6.07, 6.45) is 8.37. The Labute approximate surface area is 76.8 Å². The van der Waals surface area contributed by atoms with Gasteiger partial charge in [0.15, 0.2) is 4.77 Å². The van der Waals surface area contributed by atoms with Crippen molar-refractivity contribution in [2.75, 3.05) is 0 Å². The Morgan fingerprint density at radius 1 is 1.42 bits per heavy atom. The molecule has 1 aromatic heterocycles. The van der Waals surface area contributed by atoms with E-state index in [9.17, 15) is 0 Å². The summed E-state index contributed by atoms with van der Waals surface area (Å²) in [5.41, 5.74) is 0. The standard InChI is InChI=1S/C8H13N3S/c12-8-10-9-6-11(8)7-4-2-1-3-5-7/h6-7H,1-5H2,(H,10,12). The van der Waals surface area contributed by atoms with Crippen LogP contribution in [0.5, 0.6) is 0 Å². The molecule has 3 nitrogen and oxygen atoms in total. The van der Waals surface area contributed by atoms with E-state index in [1.54, 1.807) is 0 Å². The molecule has 1 aliphatic rings. The lowest BCUT2D eigenvalue weighted by molar-refractivity contribution is 0.350. The molecule has 1 aromatic rings. The molecule has 2 rings (SSSR count). The molecule has 1 saturated carbocycles. The molecule has 0 radical (unpaired) electrons. The Morgan fingerprint density at radius 2 is 2.17 bits per heavy atom. The minimum absolute atomic E-state index is 0.602. The summed E-state index contributed by atoms with van der Waals surface area (Å²) in [7, 11) is 0. The maximum Gasteiger partial charge on any atom is 0.195 e. The van der Waals surface area contributed by atoms with Gasteiger partial charge in [-0.2, -0.15) is 5.10 Å². The fourth-order valence-corrected chi connectivity index (χ4v) is 2.12. The van der Waals surface area contributed by atoms with Crippen LogP contribution in [0, 0.1) is 4.77 Å². The van der Waals surface area contributed by atoms with E-state index in [1.807, 2.05) is 6.33 Å². The quantitative estimate of drug-likeness (QED) is 0.678. The largest absolute Gasteiger partial charge is 0.304 e. The molecule has 0 amide bonds. The van der Waals surface area contributed by atoms with Crippen molar-refractivity contribution in [1.29, 1.82) is 0 Å². The SMILES string of the molecule is S=c1[nH]ncn1C1CCCCC1. The summed E-state index contributed by atoms with van der Waals surface area (Å²) in [5.74, 6) is 0. The lowest BCUT2D eigenvalue weighted by atomic mass is 9.95. The van der Waals surface area contributed by atoms with E-state index in [0.717, 1.165) is 4.77 Å². The van der Waals surface area contributed by atoms with Crippen molar-refractivity contribution in [1.82, 2.24) is 14.8 Å². The van der Waals surface area contributed by atoms with Gasteiger partial charge in [0.05, 0.1) is 0 Å². The topological polar surface area (TPSA) is 33.6 Å². The highest BCUT2D eigenvalue weighted by Gasteiger charge is 2.15. The van der Waals surface area contributed by atoms with Gasteiger partial charge in [0, 0.05) is 6.04 Å². The van der Waals surface area contributed by atoms with Crippen molar-refractivity contribution in [3.8, 4) is 0 Å². The Hall–Kier alpha value is -0.640. The first kappa shape index (κ1) is 7.98. The fourth-order valence-electron chi connectivity index (χ4n) is 1.88. The molecular formula is C8H13N3S. The van der Waals surface area contributed by atoms with Crippen LogP contribution in [-0.2, 0) is 0 Å². The van der Waals surface area contributed by atoms with Crippen molar-refractivity contribution >= 4 is 12.2 Å². The zero-order chi connectivity index (χ0) is 8.39. The summed E-state index contributed by atoms with van der Waals surface area (Å²) >= 11 is 5.11. The summed E-state index contributed by atoms with van der Waals surface area (Å²) < 4.78 is 2.86. The Kier molecular flexibility index (Phi) is 2.26. The molecule has 0 bridgehead atoms. The van der Waals surface area contributed by atoms with E-state index in [-0.39, 0.29) is 0 Å². The molecule has 0 saturated heterocycles. The first-order valence-electron chi connectivity index (χ1n) is 4.49. The zero-order valence-corrected chi connectivity index (χ0v) is 7.81. The van der Waals surface area contributed by atoms with Crippen molar-refractivity contribution < 1.29 is 0 Å². The van der Waals surface area contributed by atoms with Crippen LogP contribution < -0.4 is 0 Å². The molecule has 0 spiro atoms. The average molecular weight is 183 g/mol. The molecule has 4 heteroatoms. The minimum Gasteiger partial charge on any atom is -0.304 e. The van der Waals surface area contributed by atoms with E-state index in [2.05, 4.69) is 14.8 Å². The number of nitrogens with one attached hydrogen (secondary N) is 1. The maximum atomic E-state index is 5.11. The van der Waals surface area contributed by atoms with E-state index in [0.29, 0.717) is 6.04 Å². The van der Waals surface area contributed by atoms with Crippen LogP contribution >= 0.6 is 12.2 Å². The Bertz CT molecular complexity index is 295. The van der Waals surface area contributed by atoms with Crippen molar-refractivity contribution in [3.63, 3.8) is 0 Å². The fraction of sp³-hybridized carbons (Fsp3) is 0.750. The number of aromatic nitrogens is 3. The van der Waals surface area contributed by atoms with Crippen LogP contribution in [0.4, 0.5) is 0 Å². The van der Waals surface area contributed by atoms with E-state index in [1.165, 1.54) is 32.1 Å². The van der Waals surface area contributed by atoms with Crippen LogP contribution in [0.15, 0.2) is 6.33 Å². The first-order chi connectivity index (χ1) is 5.88. The van der Waals surface area contributed by atoms with E-state index < -0.39 is 0 Å². The van der Waals surface area contributed by atoms with Gasteiger partial charge >= 0.3 is 0 Å². The van der Waals surface area contributed by atoms with Crippen LogP contribution in [0.3, 0.4) is 0 Å². The molecule has 12 heavy (non-hydrogen) atoms. The molecule has 1 fully saturated rings. The van der Waals surface area contributed by atoms with Crippen LogP contribution in [-0.4, -0.2) is 14.8 Å². The predicted octanol–water partition coefficient (Wildman–Crippen LogP) is 2.45. The van der Waals surface area contributed by atoms with Crippen LogP contribution in [0.2, 0.25) is 0 Å². The maximum absolute atomic E-state index is 5.11. The minimum atomic E-state index is 0.602. The van der Waals surface area contributed by atoms with Gasteiger partial charge in [-0.15, -0.1) is 0 Å². The van der Waals surface area contributed by atoms with Gasteiger partial charge < -0.3 is 4.57 Å². The second-order valence-electron chi connectivity index (χ2n) is 3.36. The summed E-state index contributed by atoms with van der Waals surface area (Å²) in [4.78, 5) is 0. The highest BCUT2D eigenvalue weighted by Crippen LogP contribution is 2.27. The highest BCUT2D eigenvalue weighted by molar-refractivity contribution is 7.71. The third-order valence-corrected chi connectivity index (χ3v) is 2.85. The van der Waals surface area contributed by atoms with Gasteiger partial charge in [-0.1, -0.05) is 19.3 Å². The lowest BCUT2D eigenvalue weighted by Gasteiger charge is -2.21. The molecular weight excluding hydrogens is 170 g/mol. The summed E-state index contributed by atoms with van der Waals surface area (Å²) in [6.45, 7) is 0. The van der Waals surface area contributed by atoms with Gasteiger partial charge in [-0.05, 0) is 25.1 Å². The molecule has 1 heterocycles. The number of aromatic amines is 1. The molecule has 0 aliphatic heterocycles. The van der Waals surface area contributed by atoms with Gasteiger partial charge in [0.1, 0.15) is 6.33 Å². The van der Waals surface area contributed by atoms with Crippen LogP contribution in [0.1, 0.15) is 38.1 Å². The van der Waals surface area contributed by atoms with Gasteiger partial charge in [-0.25, -0.2) is 0 Å². The van der Waals surface area contributed by atoms with Gasteiger partial charge in [0.2, 0.25) is 0 Å². The number of rotatable bonds is 1.